The minimum absolute atomic E-state index is 0.0255. The number of nitrogens with one attached hydrogen (secondary N) is 1. The third kappa shape index (κ3) is 8.36. The predicted octanol–water partition coefficient (Wildman–Crippen LogP) is 8.30. The molecule has 10 heteroatoms. The van der Waals surface area contributed by atoms with Gasteiger partial charge in [0.2, 0.25) is 11.7 Å². The Hall–Kier alpha value is -4.47. The van der Waals surface area contributed by atoms with E-state index in [0.717, 1.165) is 32.1 Å². The van der Waals surface area contributed by atoms with Gasteiger partial charge in [-0.05, 0) is 113 Å². The van der Waals surface area contributed by atoms with Gasteiger partial charge in [0.05, 0.1) is 27.4 Å². The molecule has 0 saturated heterocycles. The number of amides is 1. The second-order valence-electron chi connectivity index (χ2n) is 15.2. The van der Waals surface area contributed by atoms with Gasteiger partial charge in [0.15, 0.2) is 11.5 Å². The van der Waals surface area contributed by atoms with Crippen LogP contribution in [0.25, 0.3) is 6.08 Å². The van der Waals surface area contributed by atoms with Gasteiger partial charge in [-0.1, -0.05) is 29.7 Å². The molecular formula is C43H55NO9. The zero-order valence-electron chi connectivity index (χ0n) is 31.6. The number of carbonyl (C=O) groups is 3. The topological polar surface area (TPSA) is 141 Å². The van der Waals surface area contributed by atoms with E-state index in [4.69, 9.17) is 18.9 Å². The van der Waals surface area contributed by atoms with Crippen LogP contribution in [0.3, 0.4) is 0 Å². The fourth-order valence-corrected chi connectivity index (χ4v) is 9.25. The first-order chi connectivity index (χ1) is 25.6. The third-order valence-electron chi connectivity index (χ3n) is 11.8. The molecule has 10 nitrogen and oxygen atoms in total. The van der Waals surface area contributed by atoms with Gasteiger partial charge in [0.1, 0.15) is 22.8 Å². The van der Waals surface area contributed by atoms with E-state index in [-0.39, 0.29) is 46.6 Å². The number of phenols is 2. The summed E-state index contributed by atoms with van der Waals surface area (Å²) in [5.41, 5.74) is 3.89. The Kier molecular flexibility index (Phi) is 12.4. The Bertz CT molecular complexity index is 1740. The molecule has 6 rings (SSSR count). The zero-order valence-corrected chi connectivity index (χ0v) is 31.6. The number of hydrogen-bond donors (Lipinski definition) is 3. The summed E-state index contributed by atoms with van der Waals surface area (Å²) in [5, 5.41) is 27.3. The number of methoxy groups -OCH3 is 3. The summed E-state index contributed by atoms with van der Waals surface area (Å²) in [6, 6.07) is 4.88. The maximum Gasteiger partial charge on any atom is 0.342 e. The lowest BCUT2D eigenvalue weighted by atomic mass is 9.63. The Balaban J connectivity index is 1.42. The van der Waals surface area contributed by atoms with Crippen molar-refractivity contribution in [3.05, 3.63) is 57.7 Å². The Labute approximate surface area is 312 Å². The predicted molar refractivity (Wildman–Crippen MR) is 202 cm³/mol. The second kappa shape index (κ2) is 17.1. The smallest absolute Gasteiger partial charge is 0.342 e. The van der Waals surface area contributed by atoms with Crippen molar-refractivity contribution in [2.75, 3.05) is 21.3 Å². The van der Waals surface area contributed by atoms with Gasteiger partial charge in [0.25, 0.3) is 0 Å². The molecule has 1 fully saturated rings. The average Bonchev–Trinajstić information content (AvgIpc) is 3.13. The summed E-state index contributed by atoms with van der Waals surface area (Å²) >= 11 is 0. The van der Waals surface area contributed by atoms with E-state index in [0.29, 0.717) is 73.2 Å². The Morgan fingerprint density at radius 3 is 2.38 bits per heavy atom. The molecular weight excluding hydrogens is 674 g/mol. The molecule has 3 unspecified atom stereocenters. The van der Waals surface area contributed by atoms with E-state index in [9.17, 15) is 24.6 Å². The third-order valence-corrected chi connectivity index (χ3v) is 11.8. The fraction of sp³-hybridized carbons (Fsp3) is 0.558. The second-order valence-corrected chi connectivity index (χ2v) is 15.2. The van der Waals surface area contributed by atoms with E-state index >= 15 is 0 Å². The summed E-state index contributed by atoms with van der Waals surface area (Å²) in [5.74, 6) is -0.683. The molecule has 0 spiro atoms. The maximum absolute atomic E-state index is 14.3. The maximum atomic E-state index is 14.3. The molecule has 1 amide bonds. The van der Waals surface area contributed by atoms with Crippen molar-refractivity contribution in [2.45, 2.75) is 121 Å². The minimum atomic E-state index is -0.921. The first-order valence-corrected chi connectivity index (χ1v) is 19.4. The van der Waals surface area contributed by atoms with Gasteiger partial charge in [-0.2, -0.15) is 0 Å². The number of fused-ring (bicyclic) bond motifs is 4. The lowest BCUT2D eigenvalue weighted by molar-refractivity contribution is -0.123. The van der Waals surface area contributed by atoms with E-state index in [2.05, 4.69) is 5.32 Å². The number of cyclic esters (lactones) is 1. The van der Waals surface area contributed by atoms with Gasteiger partial charge < -0.3 is 34.5 Å². The summed E-state index contributed by atoms with van der Waals surface area (Å²) in [4.78, 5) is 40.5. The van der Waals surface area contributed by atoms with Crippen LogP contribution in [0, 0.1) is 11.8 Å². The van der Waals surface area contributed by atoms with E-state index in [1.54, 1.807) is 36.3 Å². The van der Waals surface area contributed by atoms with Crippen LogP contribution < -0.4 is 19.5 Å². The van der Waals surface area contributed by atoms with Crippen molar-refractivity contribution in [3.63, 3.8) is 0 Å². The number of ether oxygens (including phenoxy) is 4. The van der Waals surface area contributed by atoms with Crippen LogP contribution in [0.2, 0.25) is 0 Å². The minimum Gasteiger partial charge on any atom is -0.507 e. The first-order valence-electron chi connectivity index (χ1n) is 19.4. The number of hydrogen-bond acceptors (Lipinski definition) is 9. The fourth-order valence-electron chi connectivity index (χ4n) is 9.25. The van der Waals surface area contributed by atoms with Crippen molar-refractivity contribution in [2.24, 2.45) is 11.8 Å². The van der Waals surface area contributed by atoms with E-state index in [1.165, 1.54) is 46.7 Å². The van der Waals surface area contributed by atoms with Crippen LogP contribution in [0.15, 0.2) is 35.4 Å². The molecule has 2 aromatic carbocycles. The number of phenolic OH excluding ortho intramolecular Hbond substituents is 2. The van der Waals surface area contributed by atoms with E-state index < -0.39 is 23.7 Å². The number of aromatic hydroxyl groups is 2. The van der Waals surface area contributed by atoms with Gasteiger partial charge in [0, 0.05) is 42.7 Å². The number of rotatable bonds is 8. The first kappa shape index (κ1) is 38.3. The van der Waals surface area contributed by atoms with Gasteiger partial charge in [-0.3, -0.25) is 9.59 Å². The molecule has 0 aromatic heterocycles. The monoisotopic (exact) mass is 729 g/mol. The SMILES string of the molecule is COc1cc(C(CC(=O)N[C@H]2C3CCCC2C2=C(CCCC2)C3)c2c(O)cc3c(c2O)C(=O)O[C@@H](C)CCCC(=O)CCC/C=C/3)cc(OC)c1OC. The van der Waals surface area contributed by atoms with Crippen molar-refractivity contribution in [1.29, 1.82) is 0 Å². The average molecular weight is 730 g/mol. The molecule has 0 radical (unpaired) electrons. The summed E-state index contributed by atoms with van der Waals surface area (Å²) in [7, 11) is 4.50. The highest BCUT2D eigenvalue weighted by atomic mass is 16.5. The van der Waals surface area contributed by atoms with Crippen molar-refractivity contribution in [1.82, 2.24) is 5.32 Å². The molecule has 286 valence electrons. The zero-order chi connectivity index (χ0) is 37.6. The van der Waals surface area contributed by atoms with Gasteiger partial charge in [-0.15, -0.1) is 0 Å². The van der Waals surface area contributed by atoms with Crippen LogP contribution in [0.4, 0.5) is 0 Å². The number of allylic oxidation sites excluding steroid dienone is 2. The molecule has 1 heterocycles. The Morgan fingerprint density at radius 1 is 0.906 bits per heavy atom. The largest absolute Gasteiger partial charge is 0.507 e. The molecule has 53 heavy (non-hydrogen) atoms. The number of ketones is 1. The molecule has 5 atom stereocenters. The lowest BCUT2D eigenvalue weighted by Crippen LogP contribution is -2.51. The molecule has 3 aliphatic carbocycles. The standard InChI is InChI=1S/C43H55NO9/c1-25-12-10-17-30(45)16-7-5-6-14-27-21-34(46)39(41(48)38(27)43(49)53-25)33(29-22-35(50-2)42(52-4)36(23-29)51-3)24-37(47)44-40-28-15-11-19-32(40)31-18-9-8-13-26(31)20-28/h6,14,21-23,25,28,32-33,40,46,48H,5,7-13,15-20,24H2,1-4H3,(H,44,47)/b14-6+/t25-,28?,32?,33?,40-/m0/s1. The molecule has 1 aliphatic heterocycles. The highest BCUT2D eigenvalue weighted by molar-refractivity contribution is 5.98. The number of benzene rings is 2. The molecule has 2 bridgehead atoms. The van der Waals surface area contributed by atoms with Gasteiger partial charge >= 0.3 is 5.97 Å². The molecule has 2 aromatic rings. The number of Topliss-reactive ketones (excluding diaryl/α,β-unsaturated/α-hetero) is 1. The summed E-state index contributed by atoms with van der Waals surface area (Å²) < 4.78 is 22.8. The van der Waals surface area contributed by atoms with Crippen molar-refractivity contribution < 1.29 is 43.5 Å². The molecule has 4 aliphatic rings. The van der Waals surface area contributed by atoms with Gasteiger partial charge in [-0.25, -0.2) is 4.79 Å². The van der Waals surface area contributed by atoms with Crippen LogP contribution in [-0.4, -0.2) is 61.3 Å². The highest BCUT2D eigenvalue weighted by Crippen LogP contribution is 2.50. The Morgan fingerprint density at radius 2 is 1.64 bits per heavy atom. The van der Waals surface area contributed by atoms with E-state index in [1.807, 2.05) is 6.08 Å². The molecule has 1 saturated carbocycles. The van der Waals surface area contributed by atoms with Crippen LogP contribution in [0.1, 0.15) is 136 Å². The van der Waals surface area contributed by atoms with Crippen molar-refractivity contribution >= 4 is 23.7 Å². The highest BCUT2D eigenvalue weighted by Gasteiger charge is 2.42. The van der Waals surface area contributed by atoms with Crippen molar-refractivity contribution in [3.8, 4) is 28.7 Å². The number of esters is 1. The summed E-state index contributed by atoms with van der Waals surface area (Å²) in [6.07, 6.45) is 15.1. The summed E-state index contributed by atoms with van der Waals surface area (Å²) in [6.45, 7) is 1.76. The number of carbonyl (C=O) groups excluding carboxylic acids is 3. The van der Waals surface area contributed by atoms with Crippen LogP contribution >= 0.6 is 0 Å². The van der Waals surface area contributed by atoms with Crippen LogP contribution in [0.5, 0.6) is 28.7 Å². The quantitative estimate of drug-likeness (QED) is 0.181. The normalized spacial score (nSPS) is 24.8. The van der Waals surface area contributed by atoms with Crippen LogP contribution in [-0.2, 0) is 14.3 Å². The lowest BCUT2D eigenvalue weighted by Gasteiger charge is -2.46. The molecule has 3 N–H and O–H groups in total.